The van der Waals surface area contributed by atoms with Gasteiger partial charge in [0.05, 0.1) is 18.6 Å². The lowest BCUT2D eigenvalue weighted by Crippen LogP contribution is -2.15. The van der Waals surface area contributed by atoms with Crippen molar-refractivity contribution in [3.05, 3.63) is 65.7 Å². The van der Waals surface area contributed by atoms with Gasteiger partial charge in [-0.05, 0) is 30.2 Å². The molecule has 1 N–H and O–H groups in total. The van der Waals surface area contributed by atoms with Gasteiger partial charge in [0.2, 0.25) is 5.91 Å². The molecule has 2 rings (SSSR count). The first-order valence-electron chi connectivity index (χ1n) is 7.43. The molecule has 0 unspecified atom stereocenters. The zero-order chi connectivity index (χ0) is 16.5. The maximum atomic E-state index is 12.0. The molecular formula is C19H21NO2S. The molecule has 120 valence electrons. The van der Waals surface area contributed by atoms with Crippen molar-refractivity contribution in [1.82, 2.24) is 0 Å². The number of hydrogen-bond acceptors (Lipinski definition) is 3. The minimum atomic E-state index is -0.0213. The smallest absolute Gasteiger partial charge is 0.234 e. The number of ether oxygens (including phenoxy) is 1. The molecule has 0 aliphatic rings. The molecule has 0 aliphatic carbocycles. The second kappa shape index (κ2) is 9.06. The summed E-state index contributed by atoms with van der Waals surface area (Å²) in [6.45, 7) is 1.98. The van der Waals surface area contributed by atoms with Crippen LogP contribution in [0.5, 0.6) is 5.75 Å². The van der Waals surface area contributed by atoms with E-state index in [0.29, 0.717) is 11.5 Å². The van der Waals surface area contributed by atoms with E-state index >= 15 is 0 Å². The molecule has 3 nitrogen and oxygen atoms in total. The van der Waals surface area contributed by atoms with Crippen molar-refractivity contribution >= 4 is 29.4 Å². The predicted molar refractivity (Wildman–Crippen MR) is 99.2 cm³/mol. The summed E-state index contributed by atoms with van der Waals surface area (Å²) in [5.74, 6) is 1.87. The van der Waals surface area contributed by atoms with Gasteiger partial charge in [-0.25, -0.2) is 0 Å². The third-order valence-electron chi connectivity index (χ3n) is 3.19. The van der Waals surface area contributed by atoms with Crippen molar-refractivity contribution in [3.8, 4) is 5.75 Å². The molecule has 0 radical (unpaired) electrons. The highest BCUT2D eigenvalue weighted by atomic mass is 32.2. The summed E-state index contributed by atoms with van der Waals surface area (Å²) in [5, 5.41) is 2.90. The summed E-state index contributed by atoms with van der Waals surface area (Å²) in [6.07, 6.45) is 4.13. The van der Waals surface area contributed by atoms with Crippen LogP contribution in [0.25, 0.3) is 6.08 Å². The zero-order valence-corrected chi connectivity index (χ0v) is 14.2. The van der Waals surface area contributed by atoms with Crippen LogP contribution in [0.3, 0.4) is 0 Å². The Morgan fingerprint density at radius 1 is 1.22 bits per heavy atom. The van der Waals surface area contributed by atoms with Gasteiger partial charge in [-0.2, -0.15) is 0 Å². The maximum Gasteiger partial charge on any atom is 0.234 e. The number of thioether (sulfide) groups is 1. The Bertz CT molecular complexity index is 668. The molecule has 0 spiro atoms. The summed E-state index contributed by atoms with van der Waals surface area (Å²) in [7, 11) is 1.60. The first-order valence-corrected chi connectivity index (χ1v) is 8.58. The number of hydrogen-bond donors (Lipinski definition) is 1. The van der Waals surface area contributed by atoms with Gasteiger partial charge in [0.25, 0.3) is 0 Å². The van der Waals surface area contributed by atoms with Gasteiger partial charge in [-0.15, -0.1) is 11.8 Å². The normalized spacial score (nSPS) is 10.7. The minimum Gasteiger partial charge on any atom is -0.495 e. The van der Waals surface area contributed by atoms with E-state index < -0.39 is 0 Å². The van der Waals surface area contributed by atoms with E-state index in [1.807, 2.05) is 43.3 Å². The van der Waals surface area contributed by atoms with Crippen LogP contribution in [0.15, 0.2) is 54.6 Å². The van der Waals surface area contributed by atoms with Crippen LogP contribution < -0.4 is 10.1 Å². The molecule has 2 aromatic rings. The third kappa shape index (κ3) is 5.83. The molecule has 0 heterocycles. The van der Waals surface area contributed by atoms with Gasteiger partial charge in [0.15, 0.2) is 0 Å². The van der Waals surface area contributed by atoms with E-state index in [1.54, 1.807) is 18.9 Å². The number of aryl methyl sites for hydroxylation is 1. The molecular weight excluding hydrogens is 306 g/mol. The SMILES string of the molecule is COc1ccc(C)cc1NC(=O)CSC/C=C/c1ccccc1. The van der Waals surface area contributed by atoms with E-state index in [4.69, 9.17) is 4.74 Å². The van der Waals surface area contributed by atoms with Crippen LogP contribution in [0.2, 0.25) is 0 Å². The van der Waals surface area contributed by atoms with Crippen LogP contribution in [0, 0.1) is 6.92 Å². The summed E-state index contributed by atoms with van der Waals surface area (Å²) in [4.78, 5) is 12.0. The number of benzene rings is 2. The van der Waals surface area contributed by atoms with Crippen molar-refractivity contribution in [2.45, 2.75) is 6.92 Å². The lowest BCUT2D eigenvalue weighted by Gasteiger charge is -2.10. The topological polar surface area (TPSA) is 38.3 Å². The molecule has 1 amide bonds. The van der Waals surface area contributed by atoms with E-state index in [-0.39, 0.29) is 5.91 Å². The molecule has 4 heteroatoms. The lowest BCUT2D eigenvalue weighted by molar-refractivity contribution is -0.113. The fourth-order valence-corrected chi connectivity index (χ4v) is 2.68. The first-order chi connectivity index (χ1) is 11.2. The fourth-order valence-electron chi connectivity index (χ4n) is 2.07. The molecule has 0 saturated heterocycles. The standard InChI is InChI=1S/C19H21NO2S/c1-15-10-11-18(22-2)17(13-15)20-19(21)14-23-12-6-9-16-7-4-3-5-8-16/h3-11,13H,12,14H2,1-2H3,(H,20,21)/b9-6+. The van der Waals surface area contributed by atoms with Crippen molar-refractivity contribution in [3.63, 3.8) is 0 Å². The van der Waals surface area contributed by atoms with E-state index in [2.05, 4.69) is 29.6 Å². The second-order valence-corrected chi connectivity index (χ2v) is 6.11. The van der Waals surface area contributed by atoms with Gasteiger partial charge in [-0.3, -0.25) is 4.79 Å². The summed E-state index contributed by atoms with van der Waals surface area (Å²) >= 11 is 1.58. The third-order valence-corrected chi connectivity index (χ3v) is 4.08. The molecule has 23 heavy (non-hydrogen) atoms. The Morgan fingerprint density at radius 3 is 2.74 bits per heavy atom. The van der Waals surface area contributed by atoms with Gasteiger partial charge in [-0.1, -0.05) is 48.6 Å². The number of anilines is 1. The van der Waals surface area contributed by atoms with Gasteiger partial charge in [0.1, 0.15) is 5.75 Å². The van der Waals surface area contributed by atoms with E-state index in [0.717, 1.165) is 17.0 Å². The Morgan fingerprint density at radius 2 is 2.00 bits per heavy atom. The average molecular weight is 327 g/mol. The molecule has 2 aromatic carbocycles. The summed E-state index contributed by atoms with van der Waals surface area (Å²) < 4.78 is 5.26. The number of rotatable bonds is 7. The Hall–Kier alpha value is -2.20. The van der Waals surface area contributed by atoms with Gasteiger partial charge >= 0.3 is 0 Å². The van der Waals surface area contributed by atoms with Gasteiger partial charge < -0.3 is 10.1 Å². The summed E-state index contributed by atoms with van der Waals surface area (Å²) in [5.41, 5.74) is 2.97. The molecule has 0 aromatic heterocycles. The number of nitrogens with one attached hydrogen (secondary N) is 1. The Kier molecular flexibility index (Phi) is 6.76. The molecule has 0 fully saturated rings. The van der Waals surface area contributed by atoms with Crippen molar-refractivity contribution in [1.29, 1.82) is 0 Å². The minimum absolute atomic E-state index is 0.0213. The maximum absolute atomic E-state index is 12.0. The lowest BCUT2D eigenvalue weighted by atomic mass is 10.2. The van der Waals surface area contributed by atoms with Gasteiger partial charge in [0, 0.05) is 5.75 Å². The number of carbonyl (C=O) groups excluding carboxylic acids is 1. The Labute approximate surface area is 141 Å². The van der Waals surface area contributed by atoms with Crippen LogP contribution >= 0.6 is 11.8 Å². The number of amides is 1. The monoisotopic (exact) mass is 327 g/mol. The van der Waals surface area contributed by atoms with E-state index in [9.17, 15) is 4.79 Å². The number of carbonyl (C=O) groups is 1. The van der Waals surface area contributed by atoms with Crippen molar-refractivity contribution in [2.75, 3.05) is 23.9 Å². The van der Waals surface area contributed by atoms with Crippen LogP contribution in [-0.4, -0.2) is 24.5 Å². The highest BCUT2D eigenvalue weighted by Gasteiger charge is 2.07. The highest BCUT2D eigenvalue weighted by molar-refractivity contribution is 8.00. The molecule has 0 aliphatic heterocycles. The van der Waals surface area contributed by atoms with E-state index in [1.165, 1.54) is 5.56 Å². The summed E-state index contributed by atoms with van der Waals surface area (Å²) in [6, 6.07) is 15.9. The second-order valence-electron chi connectivity index (χ2n) is 5.08. The van der Waals surface area contributed by atoms with Crippen LogP contribution in [-0.2, 0) is 4.79 Å². The molecule has 0 bridgehead atoms. The fraction of sp³-hybridized carbons (Fsp3) is 0.211. The van der Waals surface area contributed by atoms with Crippen LogP contribution in [0.4, 0.5) is 5.69 Å². The molecule has 0 atom stereocenters. The van der Waals surface area contributed by atoms with Crippen LogP contribution in [0.1, 0.15) is 11.1 Å². The predicted octanol–water partition coefficient (Wildman–Crippen LogP) is 4.39. The van der Waals surface area contributed by atoms with Crippen molar-refractivity contribution in [2.24, 2.45) is 0 Å². The quantitative estimate of drug-likeness (QED) is 0.767. The molecule has 0 saturated carbocycles. The Balaban J connectivity index is 1.77. The zero-order valence-electron chi connectivity index (χ0n) is 13.4. The van der Waals surface area contributed by atoms with Crippen molar-refractivity contribution < 1.29 is 9.53 Å². The largest absolute Gasteiger partial charge is 0.495 e. The number of methoxy groups -OCH3 is 1. The average Bonchev–Trinajstić information content (AvgIpc) is 2.56. The first kappa shape index (κ1) is 17.2. The highest BCUT2D eigenvalue weighted by Crippen LogP contribution is 2.25.